The molecule has 0 spiro atoms. The summed E-state index contributed by atoms with van der Waals surface area (Å²) >= 11 is 0. The molecule has 0 atom stereocenters. The highest BCUT2D eigenvalue weighted by Crippen LogP contribution is 2.07. The third kappa shape index (κ3) is 0.916. The van der Waals surface area contributed by atoms with E-state index < -0.39 is 0 Å². The maximum atomic E-state index is 3.34. The van der Waals surface area contributed by atoms with E-state index in [1.165, 1.54) is 16.9 Å². The highest BCUT2D eigenvalue weighted by Gasteiger charge is 2.10. The van der Waals surface area contributed by atoms with Gasteiger partial charge in [-0.25, -0.2) is 9.55 Å². The quantitative estimate of drug-likeness (QED) is 0.615. The molecular weight excluding hydrogens is 148 g/mol. The Kier molecular flexibility index (Phi) is 1.61. The highest BCUT2D eigenvalue weighted by atomic mass is 15.1. The zero-order valence-electron chi connectivity index (χ0n) is 7.46. The number of hydrogen-bond acceptors (Lipinski definition) is 0. The lowest BCUT2D eigenvalue weighted by molar-refractivity contribution is -0.673. The smallest absolute Gasteiger partial charge is 0.241 e. The van der Waals surface area contributed by atoms with Gasteiger partial charge in [0.15, 0.2) is 11.0 Å². The topological polar surface area (TPSA) is 19.7 Å². The molecule has 1 N–H and O–H groups in total. The van der Waals surface area contributed by atoms with Crippen molar-refractivity contribution in [3.8, 4) is 0 Å². The summed E-state index contributed by atoms with van der Waals surface area (Å²) in [4.78, 5) is 3.34. The summed E-state index contributed by atoms with van der Waals surface area (Å²) in [6.07, 6.45) is 0. The Labute approximate surface area is 71.8 Å². The molecule has 0 unspecified atom stereocenters. The number of aryl methyl sites for hydroxylation is 2. The van der Waals surface area contributed by atoms with Crippen molar-refractivity contribution in [1.82, 2.24) is 4.98 Å². The second-order valence-corrected chi connectivity index (χ2v) is 2.97. The Morgan fingerprint density at radius 3 is 2.83 bits per heavy atom. The Morgan fingerprint density at radius 2 is 2.08 bits per heavy atom. The molecule has 1 aromatic carbocycles. The average molecular weight is 161 g/mol. The van der Waals surface area contributed by atoms with Crippen molar-refractivity contribution in [3.05, 3.63) is 30.1 Å². The minimum Gasteiger partial charge on any atom is -0.241 e. The largest absolute Gasteiger partial charge is 0.251 e. The van der Waals surface area contributed by atoms with E-state index >= 15 is 0 Å². The number of imidazole rings is 1. The van der Waals surface area contributed by atoms with Gasteiger partial charge in [-0.05, 0) is 19.1 Å². The average Bonchev–Trinajstić information content (AvgIpc) is 2.40. The van der Waals surface area contributed by atoms with Crippen molar-refractivity contribution in [1.29, 1.82) is 0 Å². The lowest BCUT2D eigenvalue weighted by Crippen LogP contribution is -2.33. The molecule has 0 amide bonds. The molecule has 12 heavy (non-hydrogen) atoms. The Hall–Kier alpha value is -1.31. The molecule has 0 aliphatic carbocycles. The molecule has 0 saturated heterocycles. The van der Waals surface area contributed by atoms with Gasteiger partial charge in [0.25, 0.3) is 5.82 Å². The lowest BCUT2D eigenvalue weighted by atomic mass is 10.3. The van der Waals surface area contributed by atoms with Gasteiger partial charge in [-0.3, -0.25) is 0 Å². The van der Waals surface area contributed by atoms with Gasteiger partial charge in [-0.1, -0.05) is 12.1 Å². The number of nitrogens with zero attached hydrogens (tertiary/aromatic N) is 1. The number of benzene rings is 1. The fourth-order valence-electron chi connectivity index (χ4n) is 1.67. The number of H-pyrrole nitrogens is 1. The molecule has 0 aliphatic heterocycles. The van der Waals surface area contributed by atoms with Crippen LogP contribution in [0.5, 0.6) is 0 Å². The minimum atomic E-state index is 1.02. The van der Waals surface area contributed by atoms with Gasteiger partial charge in [-0.2, -0.15) is 0 Å². The van der Waals surface area contributed by atoms with E-state index in [2.05, 4.69) is 47.7 Å². The van der Waals surface area contributed by atoms with Crippen molar-refractivity contribution in [2.24, 2.45) is 0 Å². The van der Waals surface area contributed by atoms with Gasteiger partial charge in [0.05, 0.1) is 6.54 Å². The van der Waals surface area contributed by atoms with Crippen molar-refractivity contribution in [3.63, 3.8) is 0 Å². The number of aromatic amines is 1. The molecule has 0 fully saturated rings. The van der Waals surface area contributed by atoms with Crippen LogP contribution < -0.4 is 4.57 Å². The van der Waals surface area contributed by atoms with Crippen molar-refractivity contribution in [2.75, 3.05) is 0 Å². The fraction of sp³-hybridized carbons (Fsp3) is 0.300. The summed E-state index contributed by atoms with van der Waals surface area (Å²) in [7, 11) is 0. The zero-order chi connectivity index (χ0) is 8.55. The standard InChI is InChI=1S/C10H12N2/c1-3-12-8(2)11-9-6-4-5-7-10(9)12/h4-7H,3H2,1-2H3/p+1. The molecule has 0 saturated carbocycles. The molecule has 2 aromatic rings. The summed E-state index contributed by atoms with van der Waals surface area (Å²) in [5, 5.41) is 0. The van der Waals surface area contributed by atoms with Gasteiger partial charge in [0, 0.05) is 6.92 Å². The molecule has 2 rings (SSSR count). The monoisotopic (exact) mass is 161 g/mol. The molecule has 1 heterocycles. The summed E-state index contributed by atoms with van der Waals surface area (Å²) in [5.74, 6) is 1.22. The van der Waals surface area contributed by atoms with E-state index in [1.54, 1.807) is 0 Å². The summed E-state index contributed by atoms with van der Waals surface area (Å²) < 4.78 is 2.27. The Balaban J connectivity index is 2.81. The second kappa shape index (κ2) is 2.63. The van der Waals surface area contributed by atoms with Crippen LogP contribution >= 0.6 is 0 Å². The van der Waals surface area contributed by atoms with Gasteiger partial charge in [0.2, 0.25) is 0 Å². The third-order valence-corrected chi connectivity index (χ3v) is 2.23. The number of nitrogens with one attached hydrogen (secondary N) is 1. The van der Waals surface area contributed by atoms with E-state index in [1.807, 2.05) is 0 Å². The maximum absolute atomic E-state index is 3.34. The normalized spacial score (nSPS) is 10.8. The third-order valence-electron chi connectivity index (χ3n) is 2.23. The Morgan fingerprint density at radius 1 is 1.33 bits per heavy atom. The highest BCUT2D eigenvalue weighted by molar-refractivity contribution is 5.70. The first kappa shape index (κ1) is 7.35. The van der Waals surface area contributed by atoms with Gasteiger partial charge >= 0.3 is 0 Å². The SMILES string of the molecule is CC[n+]1c(C)[nH]c2ccccc21. The number of hydrogen-bond donors (Lipinski definition) is 1. The molecule has 1 aromatic heterocycles. The van der Waals surface area contributed by atoms with Crippen LogP contribution in [0.2, 0.25) is 0 Å². The van der Waals surface area contributed by atoms with Crippen LogP contribution in [0.4, 0.5) is 0 Å². The van der Waals surface area contributed by atoms with Crippen molar-refractivity contribution in [2.45, 2.75) is 20.4 Å². The van der Waals surface area contributed by atoms with Crippen molar-refractivity contribution < 1.29 is 4.57 Å². The summed E-state index contributed by atoms with van der Waals surface area (Å²) in [6, 6.07) is 8.37. The first-order valence-electron chi connectivity index (χ1n) is 4.30. The van der Waals surface area contributed by atoms with Gasteiger partial charge in [0.1, 0.15) is 0 Å². The van der Waals surface area contributed by atoms with Gasteiger partial charge in [-0.15, -0.1) is 0 Å². The maximum Gasteiger partial charge on any atom is 0.251 e. The second-order valence-electron chi connectivity index (χ2n) is 2.97. The van der Waals surface area contributed by atoms with Crippen LogP contribution in [0.1, 0.15) is 12.7 Å². The predicted octanol–water partition coefficient (Wildman–Crippen LogP) is 1.78. The van der Waals surface area contributed by atoms with E-state index in [9.17, 15) is 0 Å². The van der Waals surface area contributed by atoms with E-state index in [4.69, 9.17) is 0 Å². The lowest BCUT2D eigenvalue weighted by Gasteiger charge is -1.91. The van der Waals surface area contributed by atoms with E-state index in [0.717, 1.165) is 6.54 Å². The van der Waals surface area contributed by atoms with E-state index in [0.29, 0.717) is 0 Å². The predicted molar refractivity (Wildman–Crippen MR) is 48.9 cm³/mol. The molecule has 62 valence electrons. The number of fused-ring (bicyclic) bond motifs is 1. The number of para-hydroxylation sites is 2. The first-order chi connectivity index (χ1) is 5.83. The summed E-state index contributed by atoms with van der Waals surface area (Å²) in [6.45, 7) is 5.28. The van der Waals surface area contributed by atoms with Crippen LogP contribution in [0.25, 0.3) is 11.0 Å². The molecular formula is C10H13N2+. The van der Waals surface area contributed by atoms with Crippen LogP contribution in [0.15, 0.2) is 24.3 Å². The fourth-order valence-corrected chi connectivity index (χ4v) is 1.67. The first-order valence-corrected chi connectivity index (χ1v) is 4.30. The van der Waals surface area contributed by atoms with Crippen LogP contribution in [0, 0.1) is 6.92 Å². The molecule has 0 bridgehead atoms. The molecule has 0 aliphatic rings. The number of aromatic nitrogens is 2. The molecule has 0 radical (unpaired) electrons. The van der Waals surface area contributed by atoms with Crippen LogP contribution in [-0.4, -0.2) is 4.98 Å². The van der Waals surface area contributed by atoms with E-state index in [-0.39, 0.29) is 0 Å². The van der Waals surface area contributed by atoms with Crippen LogP contribution in [-0.2, 0) is 6.54 Å². The van der Waals surface area contributed by atoms with Crippen molar-refractivity contribution >= 4 is 11.0 Å². The Bertz CT molecular complexity index is 401. The minimum absolute atomic E-state index is 1.02. The summed E-state index contributed by atoms with van der Waals surface area (Å²) in [5.41, 5.74) is 2.51. The number of rotatable bonds is 1. The van der Waals surface area contributed by atoms with Gasteiger partial charge < -0.3 is 0 Å². The molecule has 2 heteroatoms. The van der Waals surface area contributed by atoms with Crippen LogP contribution in [0.3, 0.4) is 0 Å². The zero-order valence-corrected chi connectivity index (χ0v) is 7.46. The molecule has 2 nitrogen and oxygen atoms in total.